The van der Waals surface area contributed by atoms with Crippen molar-refractivity contribution in [3.8, 4) is 5.75 Å². The van der Waals surface area contributed by atoms with Gasteiger partial charge in [-0.25, -0.2) is 8.42 Å². The fourth-order valence-electron chi connectivity index (χ4n) is 1.90. The predicted molar refractivity (Wildman–Crippen MR) is 73.5 cm³/mol. The smallest absolute Gasteiger partial charge is 0.744 e. The van der Waals surface area contributed by atoms with Crippen molar-refractivity contribution >= 4 is 10.1 Å². The largest absolute Gasteiger partial charge is 1.00 e. The summed E-state index contributed by atoms with van der Waals surface area (Å²) in [4.78, 5) is -0.292. The Labute approximate surface area is 164 Å². The predicted octanol–water partition coefficient (Wildman–Crippen LogP) is -0.105. The van der Waals surface area contributed by atoms with E-state index in [1.54, 1.807) is 0 Å². The Morgan fingerprint density at radius 2 is 1.25 bits per heavy atom. The van der Waals surface area contributed by atoms with Crippen LogP contribution < -0.4 is 51.4 Å². The average molecular weight is 324 g/mol. The third-order valence-electron chi connectivity index (χ3n) is 2.99. The molecule has 0 aliphatic rings. The molecule has 0 aromatic heterocycles. The third-order valence-corrected chi connectivity index (χ3v) is 3.80. The van der Waals surface area contributed by atoms with E-state index in [2.05, 4.69) is 0 Å². The molecule has 1 N–H and O–H groups in total. The van der Waals surface area contributed by atoms with Gasteiger partial charge < -0.3 is 9.66 Å². The third kappa shape index (κ3) is 4.79. The van der Waals surface area contributed by atoms with E-state index in [9.17, 15) is 18.1 Å². The Kier molecular flexibility index (Phi) is 6.54. The van der Waals surface area contributed by atoms with Crippen LogP contribution >= 0.6 is 0 Å². The van der Waals surface area contributed by atoms with Gasteiger partial charge in [-0.05, 0) is 23.0 Å². The van der Waals surface area contributed by atoms with E-state index in [0.717, 1.165) is 0 Å². The van der Waals surface area contributed by atoms with Crippen molar-refractivity contribution in [3.05, 3.63) is 23.3 Å². The molecule has 0 radical (unpaired) electrons. The monoisotopic (exact) mass is 324 g/mol. The zero-order chi connectivity index (χ0) is 15.2. The Hall–Kier alpha value is 0.566. The number of rotatable bonds is 1. The number of benzene rings is 1. The van der Waals surface area contributed by atoms with E-state index < -0.39 is 20.9 Å². The fourth-order valence-corrected chi connectivity index (χ4v) is 2.42. The van der Waals surface area contributed by atoms with Gasteiger partial charge in [0.25, 0.3) is 0 Å². The molecular formula is C14H21KO4S. The second-order valence-corrected chi connectivity index (χ2v) is 8.20. The zero-order valence-corrected chi connectivity index (χ0v) is 17.2. The summed E-state index contributed by atoms with van der Waals surface area (Å²) in [5, 5.41) is 10.4. The van der Waals surface area contributed by atoms with Crippen LogP contribution in [0.2, 0.25) is 0 Å². The van der Waals surface area contributed by atoms with Crippen molar-refractivity contribution in [3.63, 3.8) is 0 Å². The molecule has 0 amide bonds. The molecule has 6 heteroatoms. The standard InChI is InChI=1S/C14H22O4S.K/c1-13(2,3)10-7-9(19(16,17)18)8-11(12(10)15)14(4,5)6;/h7-8,15H,1-6H3,(H,16,17,18);/q;+1/p-1. The summed E-state index contributed by atoms with van der Waals surface area (Å²) < 4.78 is 33.8. The first-order valence-electron chi connectivity index (χ1n) is 6.08. The van der Waals surface area contributed by atoms with Gasteiger partial charge in [0.15, 0.2) is 0 Å². The van der Waals surface area contributed by atoms with Gasteiger partial charge in [0, 0.05) is 11.1 Å². The molecule has 0 bridgehead atoms. The van der Waals surface area contributed by atoms with Gasteiger partial charge in [-0.2, -0.15) is 0 Å². The van der Waals surface area contributed by atoms with Crippen LogP contribution in [0.25, 0.3) is 0 Å². The molecule has 0 unspecified atom stereocenters. The summed E-state index contributed by atoms with van der Waals surface area (Å²) >= 11 is 0. The van der Waals surface area contributed by atoms with E-state index in [1.807, 2.05) is 41.5 Å². The van der Waals surface area contributed by atoms with Crippen molar-refractivity contribution in [2.75, 3.05) is 0 Å². The minimum absolute atomic E-state index is 0. The molecule has 0 fully saturated rings. The number of aromatic hydroxyl groups is 1. The molecule has 0 atom stereocenters. The van der Waals surface area contributed by atoms with Gasteiger partial charge >= 0.3 is 51.4 Å². The molecule has 1 aromatic rings. The quantitative estimate of drug-likeness (QED) is 0.578. The second kappa shape index (κ2) is 6.36. The number of hydrogen-bond acceptors (Lipinski definition) is 4. The topological polar surface area (TPSA) is 77.4 Å². The molecular weight excluding hydrogens is 303 g/mol. The zero-order valence-electron chi connectivity index (χ0n) is 13.2. The normalized spacial score (nSPS) is 12.9. The maximum absolute atomic E-state index is 11.3. The first-order chi connectivity index (χ1) is 8.24. The summed E-state index contributed by atoms with van der Waals surface area (Å²) in [6.07, 6.45) is 0. The maximum Gasteiger partial charge on any atom is 1.00 e. The van der Waals surface area contributed by atoms with E-state index in [4.69, 9.17) is 0 Å². The minimum atomic E-state index is -4.55. The number of phenols is 1. The van der Waals surface area contributed by atoms with E-state index >= 15 is 0 Å². The van der Waals surface area contributed by atoms with Crippen molar-refractivity contribution in [1.82, 2.24) is 0 Å². The van der Waals surface area contributed by atoms with E-state index in [-0.39, 0.29) is 62.0 Å². The van der Waals surface area contributed by atoms with Crippen LogP contribution in [0.1, 0.15) is 52.7 Å². The van der Waals surface area contributed by atoms with Crippen LogP contribution in [-0.2, 0) is 20.9 Å². The Morgan fingerprint density at radius 1 is 0.950 bits per heavy atom. The number of phenolic OH excluding ortho intramolecular Hbond substituents is 1. The van der Waals surface area contributed by atoms with E-state index in [0.29, 0.717) is 11.1 Å². The molecule has 0 saturated carbocycles. The van der Waals surface area contributed by atoms with Crippen LogP contribution in [0.15, 0.2) is 17.0 Å². The SMILES string of the molecule is CC(C)(C)c1cc(S(=O)(=O)[O-])cc(C(C)(C)C)c1O.[K+]. The Balaban J connectivity index is 0.00000361. The molecule has 0 heterocycles. The molecule has 1 aromatic carbocycles. The van der Waals surface area contributed by atoms with Crippen LogP contribution in [-0.4, -0.2) is 18.1 Å². The second-order valence-electron chi connectivity index (χ2n) is 6.82. The van der Waals surface area contributed by atoms with Crippen molar-refractivity contribution in [2.45, 2.75) is 57.3 Å². The molecule has 0 saturated heterocycles. The van der Waals surface area contributed by atoms with Crippen molar-refractivity contribution in [2.24, 2.45) is 0 Å². The molecule has 0 aliphatic heterocycles. The average Bonchev–Trinajstić information content (AvgIpc) is 2.11. The Bertz CT molecular complexity index is 558. The fraction of sp³-hybridized carbons (Fsp3) is 0.571. The Morgan fingerprint density at radius 3 is 1.45 bits per heavy atom. The molecule has 4 nitrogen and oxygen atoms in total. The van der Waals surface area contributed by atoms with Gasteiger partial charge in [-0.1, -0.05) is 41.5 Å². The van der Waals surface area contributed by atoms with Crippen LogP contribution in [0.4, 0.5) is 0 Å². The minimum Gasteiger partial charge on any atom is -0.744 e. The summed E-state index contributed by atoms with van der Waals surface area (Å²) in [5.74, 6) is 0.0624. The summed E-state index contributed by atoms with van der Waals surface area (Å²) in [7, 11) is -4.55. The van der Waals surface area contributed by atoms with Crippen molar-refractivity contribution in [1.29, 1.82) is 0 Å². The first-order valence-corrected chi connectivity index (χ1v) is 7.49. The summed E-state index contributed by atoms with van der Waals surface area (Å²) in [6.45, 7) is 11.1. The van der Waals surface area contributed by atoms with Crippen LogP contribution in [0, 0.1) is 0 Å². The molecule has 0 aliphatic carbocycles. The molecule has 1 rings (SSSR count). The molecule has 20 heavy (non-hydrogen) atoms. The first kappa shape index (κ1) is 20.6. The van der Waals surface area contributed by atoms with Gasteiger partial charge in [0.2, 0.25) is 0 Å². The summed E-state index contributed by atoms with van der Waals surface area (Å²) in [6, 6.07) is 2.54. The summed E-state index contributed by atoms with van der Waals surface area (Å²) in [5.41, 5.74) is 0.0268. The van der Waals surface area contributed by atoms with Gasteiger partial charge in [0.05, 0.1) is 4.90 Å². The van der Waals surface area contributed by atoms with Gasteiger partial charge in [0.1, 0.15) is 15.9 Å². The van der Waals surface area contributed by atoms with Gasteiger partial charge in [-0.15, -0.1) is 0 Å². The van der Waals surface area contributed by atoms with Gasteiger partial charge in [-0.3, -0.25) is 0 Å². The van der Waals surface area contributed by atoms with Crippen LogP contribution in [0.5, 0.6) is 5.75 Å². The van der Waals surface area contributed by atoms with Crippen LogP contribution in [0.3, 0.4) is 0 Å². The van der Waals surface area contributed by atoms with Crippen molar-refractivity contribution < 1.29 is 69.5 Å². The maximum atomic E-state index is 11.3. The van der Waals surface area contributed by atoms with E-state index in [1.165, 1.54) is 12.1 Å². The number of hydrogen-bond donors (Lipinski definition) is 1. The molecule has 108 valence electrons. The molecule has 0 spiro atoms.